The molecule has 2 saturated carbocycles. The molecule has 0 unspecified atom stereocenters. The smallest absolute Gasteiger partial charge is 0.341 e. The average Bonchev–Trinajstić information content (AvgIpc) is 3.50. The SMILES string of the molecule is CCOC(=O)c1cnc2ccccc2c1N(CC1CC1)CC1CC1. The van der Waals surface area contributed by atoms with Crippen LogP contribution in [0.25, 0.3) is 10.9 Å². The zero-order valence-corrected chi connectivity index (χ0v) is 14.2. The zero-order valence-electron chi connectivity index (χ0n) is 14.2. The van der Waals surface area contributed by atoms with Crippen molar-refractivity contribution in [3.8, 4) is 0 Å². The highest BCUT2D eigenvalue weighted by Gasteiger charge is 2.32. The number of carbonyl (C=O) groups excluding carboxylic acids is 1. The van der Waals surface area contributed by atoms with E-state index in [1.807, 2.05) is 25.1 Å². The lowest BCUT2D eigenvalue weighted by atomic mass is 10.1. The number of benzene rings is 1. The molecule has 0 atom stereocenters. The van der Waals surface area contributed by atoms with Crippen LogP contribution in [0.5, 0.6) is 0 Å². The molecule has 2 aliphatic carbocycles. The average molecular weight is 324 g/mol. The molecular weight excluding hydrogens is 300 g/mol. The van der Waals surface area contributed by atoms with Crippen LogP contribution >= 0.6 is 0 Å². The number of para-hydroxylation sites is 1. The van der Waals surface area contributed by atoms with Gasteiger partial charge in [-0.1, -0.05) is 18.2 Å². The number of hydrogen-bond donors (Lipinski definition) is 0. The summed E-state index contributed by atoms with van der Waals surface area (Å²) in [5.41, 5.74) is 2.58. The molecule has 1 aromatic carbocycles. The Balaban J connectivity index is 1.80. The fraction of sp³-hybridized carbons (Fsp3) is 0.500. The fourth-order valence-corrected chi connectivity index (χ4v) is 3.31. The summed E-state index contributed by atoms with van der Waals surface area (Å²) in [5.74, 6) is 1.28. The number of pyridine rings is 1. The van der Waals surface area contributed by atoms with Crippen LogP contribution in [0.2, 0.25) is 0 Å². The van der Waals surface area contributed by atoms with Gasteiger partial charge in [-0.05, 0) is 50.5 Å². The topological polar surface area (TPSA) is 42.4 Å². The van der Waals surface area contributed by atoms with Crippen LogP contribution in [0.1, 0.15) is 43.0 Å². The first kappa shape index (κ1) is 15.4. The summed E-state index contributed by atoms with van der Waals surface area (Å²) in [6, 6.07) is 8.11. The standard InChI is InChI=1S/C20H24N2O2/c1-2-24-20(23)17-11-21-18-6-4-3-5-16(18)19(17)22(12-14-7-8-14)13-15-9-10-15/h3-6,11,14-15H,2,7-10,12-13H2,1H3. The molecule has 0 bridgehead atoms. The van der Waals surface area contributed by atoms with Gasteiger partial charge in [0.25, 0.3) is 0 Å². The van der Waals surface area contributed by atoms with Gasteiger partial charge in [0.15, 0.2) is 0 Å². The van der Waals surface area contributed by atoms with E-state index in [0.717, 1.165) is 41.5 Å². The lowest BCUT2D eigenvalue weighted by Gasteiger charge is -2.28. The van der Waals surface area contributed by atoms with E-state index < -0.39 is 0 Å². The summed E-state index contributed by atoms with van der Waals surface area (Å²) in [7, 11) is 0. The maximum absolute atomic E-state index is 12.5. The van der Waals surface area contributed by atoms with Crippen molar-refractivity contribution in [3.63, 3.8) is 0 Å². The predicted octanol–water partition coefficient (Wildman–Crippen LogP) is 4.04. The summed E-state index contributed by atoms with van der Waals surface area (Å²) < 4.78 is 5.30. The first-order valence-corrected chi connectivity index (χ1v) is 9.06. The van der Waals surface area contributed by atoms with Crippen LogP contribution in [-0.2, 0) is 4.74 Å². The van der Waals surface area contributed by atoms with Crippen LogP contribution in [0.15, 0.2) is 30.5 Å². The molecule has 0 radical (unpaired) electrons. The van der Waals surface area contributed by atoms with Gasteiger partial charge in [-0.25, -0.2) is 4.79 Å². The molecule has 4 rings (SSSR count). The molecule has 0 amide bonds. The van der Waals surface area contributed by atoms with Crippen molar-refractivity contribution >= 4 is 22.6 Å². The fourth-order valence-electron chi connectivity index (χ4n) is 3.31. The van der Waals surface area contributed by atoms with Crippen molar-refractivity contribution in [3.05, 3.63) is 36.0 Å². The van der Waals surface area contributed by atoms with E-state index in [4.69, 9.17) is 4.74 Å². The molecule has 0 saturated heterocycles. The van der Waals surface area contributed by atoms with E-state index in [0.29, 0.717) is 12.2 Å². The Morgan fingerprint density at radius 2 is 1.83 bits per heavy atom. The van der Waals surface area contributed by atoms with Gasteiger partial charge in [0.05, 0.1) is 17.8 Å². The number of esters is 1. The number of fused-ring (bicyclic) bond motifs is 1. The second-order valence-corrected chi connectivity index (χ2v) is 7.05. The van der Waals surface area contributed by atoms with Crippen LogP contribution in [0.4, 0.5) is 5.69 Å². The van der Waals surface area contributed by atoms with Gasteiger partial charge in [-0.2, -0.15) is 0 Å². The van der Waals surface area contributed by atoms with Crippen molar-refractivity contribution in [2.75, 3.05) is 24.6 Å². The highest BCUT2D eigenvalue weighted by Crippen LogP contribution is 2.39. The molecular formula is C20H24N2O2. The molecule has 126 valence electrons. The Morgan fingerprint density at radius 3 is 2.46 bits per heavy atom. The van der Waals surface area contributed by atoms with Gasteiger partial charge in [0.1, 0.15) is 5.56 Å². The van der Waals surface area contributed by atoms with Gasteiger partial charge in [-0.15, -0.1) is 0 Å². The quantitative estimate of drug-likeness (QED) is 0.721. The summed E-state index contributed by atoms with van der Waals surface area (Å²) in [6.07, 6.45) is 6.91. The summed E-state index contributed by atoms with van der Waals surface area (Å²) in [5, 5.41) is 1.06. The monoisotopic (exact) mass is 324 g/mol. The number of carbonyl (C=O) groups is 1. The highest BCUT2D eigenvalue weighted by molar-refractivity contribution is 6.05. The number of rotatable bonds is 7. The Bertz CT molecular complexity index is 736. The molecule has 0 spiro atoms. The van der Waals surface area contributed by atoms with Crippen molar-refractivity contribution < 1.29 is 9.53 Å². The minimum absolute atomic E-state index is 0.262. The van der Waals surface area contributed by atoms with Gasteiger partial charge in [0.2, 0.25) is 0 Å². The lowest BCUT2D eigenvalue weighted by Crippen LogP contribution is -2.30. The minimum Gasteiger partial charge on any atom is -0.462 e. The number of ether oxygens (including phenoxy) is 1. The first-order chi connectivity index (χ1) is 11.8. The van der Waals surface area contributed by atoms with Gasteiger partial charge < -0.3 is 9.64 Å². The summed E-state index contributed by atoms with van der Waals surface area (Å²) in [6.45, 7) is 4.31. The third-order valence-electron chi connectivity index (χ3n) is 4.91. The Morgan fingerprint density at radius 1 is 1.17 bits per heavy atom. The van der Waals surface area contributed by atoms with Gasteiger partial charge in [-0.3, -0.25) is 4.98 Å². The Labute approximate surface area is 142 Å². The number of hydrogen-bond acceptors (Lipinski definition) is 4. The molecule has 24 heavy (non-hydrogen) atoms. The van der Waals surface area contributed by atoms with Crippen molar-refractivity contribution in [1.82, 2.24) is 4.98 Å². The van der Waals surface area contributed by atoms with Crippen molar-refractivity contribution in [2.24, 2.45) is 11.8 Å². The molecule has 1 heterocycles. The van der Waals surface area contributed by atoms with E-state index in [-0.39, 0.29) is 5.97 Å². The van der Waals surface area contributed by atoms with E-state index in [2.05, 4.69) is 16.0 Å². The molecule has 0 aliphatic heterocycles. The zero-order chi connectivity index (χ0) is 16.5. The second kappa shape index (κ2) is 6.42. The van der Waals surface area contributed by atoms with E-state index in [1.54, 1.807) is 6.20 Å². The third kappa shape index (κ3) is 3.23. The molecule has 2 fully saturated rings. The molecule has 2 aliphatic rings. The maximum atomic E-state index is 12.5. The highest BCUT2D eigenvalue weighted by atomic mass is 16.5. The van der Waals surface area contributed by atoms with Gasteiger partial charge >= 0.3 is 5.97 Å². The largest absolute Gasteiger partial charge is 0.462 e. The third-order valence-corrected chi connectivity index (χ3v) is 4.91. The second-order valence-electron chi connectivity index (χ2n) is 7.05. The maximum Gasteiger partial charge on any atom is 0.341 e. The lowest BCUT2D eigenvalue weighted by molar-refractivity contribution is 0.0526. The van der Waals surface area contributed by atoms with Crippen LogP contribution in [0, 0.1) is 11.8 Å². The molecule has 4 heteroatoms. The molecule has 4 nitrogen and oxygen atoms in total. The summed E-state index contributed by atoms with van der Waals surface area (Å²) >= 11 is 0. The van der Waals surface area contributed by atoms with E-state index >= 15 is 0 Å². The van der Waals surface area contributed by atoms with E-state index in [9.17, 15) is 4.79 Å². The normalized spacial score (nSPS) is 17.0. The van der Waals surface area contributed by atoms with Crippen LogP contribution in [-0.4, -0.2) is 30.6 Å². The first-order valence-electron chi connectivity index (χ1n) is 9.06. The Hall–Kier alpha value is -2.10. The van der Waals surface area contributed by atoms with Crippen molar-refractivity contribution in [1.29, 1.82) is 0 Å². The number of anilines is 1. The van der Waals surface area contributed by atoms with E-state index in [1.165, 1.54) is 25.7 Å². The van der Waals surface area contributed by atoms with Crippen LogP contribution < -0.4 is 4.90 Å². The molecule has 1 aromatic heterocycles. The van der Waals surface area contributed by atoms with Crippen LogP contribution in [0.3, 0.4) is 0 Å². The van der Waals surface area contributed by atoms with Gasteiger partial charge in [0, 0.05) is 24.7 Å². The number of aromatic nitrogens is 1. The predicted molar refractivity (Wildman–Crippen MR) is 95.4 cm³/mol. The summed E-state index contributed by atoms with van der Waals surface area (Å²) in [4.78, 5) is 19.5. The molecule has 2 aromatic rings. The van der Waals surface area contributed by atoms with Crippen molar-refractivity contribution in [2.45, 2.75) is 32.6 Å². The minimum atomic E-state index is -0.262. The number of nitrogens with zero attached hydrogens (tertiary/aromatic N) is 2. The molecule has 0 N–H and O–H groups in total. The Kier molecular flexibility index (Phi) is 4.13.